The Morgan fingerprint density at radius 3 is 2.52 bits per heavy atom. The van der Waals surface area contributed by atoms with Crippen molar-refractivity contribution < 1.29 is 72.0 Å². The number of Topliss-reactive ketones (excluding diaryl/α,β-unsaturated/α-hetero) is 2. The van der Waals surface area contributed by atoms with Gasteiger partial charge < -0.3 is 57.6 Å². The first kappa shape index (κ1) is 33.2. The number of carbonyl (C=O) groups is 3. The smallest absolute Gasteiger partial charge is 0.303 e. The van der Waals surface area contributed by atoms with Crippen molar-refractivity contribution in [3.05, 3.63) is 28.3 Å². The molecule has 10 rings (SSSR count). The number of phenols is 1. The molecule has 2 aliphatic carbocycles. The number of esters is 1. The highest BCUT2D eigenvalue weighted by Crippen LogP contribution is 2.85. The van der Waals surface area contributed by atoms with E-state index in [4.69, 9.17) is 47.4 Å². The lowest BCUT2D eigenvalue weighted by atomic mass is 9.78. The van der Waals surface area contributed by atoms with Gasteiger partial charge in [-0.3, -0.25) is 14.4 Å². The fraction of sp³-hybridized carbons (Fsp3) is 0.649. The van der Waals surface area contributed by atoms with E-state index in [2.05, 4.69) is 0 Å². The van der Waals surface area contributed by atoms with Crippen LogP contribution in [0.5, 0.6) is 17.2 Å². The van der Waals surface area contributed by atoms with Crippen LogP contribution in [0.15, 0.2) is 6.07 Å². The topological polar surface area (TPSA) is 191 Å². The Morgan fingerprint density at radius 2 is 1.85 bits per heavy atom. The molecule has 1 saturated carbocycles. The summed E-state index contributed by atoms with van der Waals surface area (Å²) < 4.78 is 63.9. The largest absolute Gasteiger partial charge is 0.506 e. The van der Waals surface area contributed by atoms with Gasteiger partial charge in [-0.1, -0.05) is 0 Å². The van der Waals surface area contributed by atoms with Crippen molar-refractivity contribution in [3.8, 4) is 17.2 Å². The molecule has 2 aromatic carbocycles. The minimum absolute atomic E-state index is 0.124. The second-order valence-electron chi connectivity index (χ2n) is 15.2. The Balaban J connectivity index is 1.17. The van der Waals surface area contributed by atoms with Crippen LogP contribution in [0.4, 0.5) is 0 Å². The average molecular weight is 725 g/mol. The maximum absolute atomic E-state index is 13.4. The molecule has 15 nitrogen and oxygen atoms in total. The number of carbonyl (C=O) groups excluding carboxylic acids is 3. The normalized spacial score (nSPS) is 42.3. The van der Waals surface area contributed by atoms with Crippen molar-refractivity contribution in [2.45, 2.75) is 125 Å². The fourth-order valence-corrected chi connectivity index (χ4v) is 10.5. The Morgan fingerprint density at radius 1 is 1.10 bits per heavy atom. The van der Waals surface area contributed by atoms with Gasteiger partial charge in [-0.15, -0.1) is 0 Å². The molecule has 8 unspecified atom stereocenters. The van der Waals surface area contributed by atoms with Gasteiger partial charge in [-0.25, -0.2) is 0 Å². The summed E-state index contributed by atoms with van der Waals surface area (Å²) in [5.41, 5.74) is -2.37. The van der Waals surface area contributed by atoms with Gasteiger partial charge >= 0.3 is 5.97 Å². The van der Waals surface area contributed by atoms with E-state index >= 15 is 0 Å². The van der Waals surface area contributed by atoms with Crippen molar-refractivity contribution >= 4 is 28.3 Å². The number of rotatable bonds is 6. The molecule has 0 amide bonds. The van der Waals surface area contributed by atoms with E-state index in [9.17, 15) is 24.6 Å². The molecule has 2 N–H and O–H groups in total. The predicted molar refractivity (Wildman–Crippen MR) is 172 cm³/mol. The van der Waals surface area contributed by atoms with Crippen LogP contribution in [0.1, 0.15) is 79.4 Å². The molecule has 0 aromatic heterocycles. The standard InChI is InChI=1S/C37H40O15/c1-15-12-20-26(28(41)25-19(29(20)43-5)8-6-9-21(25)40)30-24(15)27-31-36(50-30,49-23-13-22(48-18(4)39)34(42,16(2)38)17(3)47-23)33(14-46-33)35(27)37(51-31,52-35)32-44-10-7-11-45-32/h12,17,22-23,27,31-32,41-42H,6-11,13-14H2,1-5H3/t17?,22?,23?,27?,31?,33-,34?,35?,36-,37?/m1/s1. The average Bonchev–Trinajstić information content (AvgIpc) is 4.02. The van der Waals surface area contributed by atoms with Crippen LogP contribution in [0.2, 0.25) is 0 Å². The Bertz CT molecular complexity index is 1980. The van der Waals surface area contributed by atoms with Crippen LogP contribution in [0.25, 0.3) is 10.8 Å². The third-order valence-electron chi connectivity index (χ3n) is 12.7. The summed E-state index contributed by atoms with van der Waals surface area (Å²) in [7, 11) is 1.54. The first-order chi connectivity index (χ1) is 24.8. The highest BCUT2D eigenvalue weighted by molar-refractivity contribution is 6.11. The highest BCUT2D eigenvalue weighted by atomic mass is 16.9. The summed E-state index contributed by atoms with van der Waals surface area (Å²) >= 11 is 0. The number of aliphatic hydroxyl groups is 1. The summed E-state index contributed by atoms with van der Waals surface area (Å²) in [6.07, 6.45) is -3.55. The molecule has 2 aromatic rings. The van der Waals surface area contributed by atoms with E-state index < -0.39 is 76.9 Å². The molecule has 10 atom stereocenters. The molecular formula is C37H40O15. The van der Waals surface area contributed by atoms with Crippen LogP contribution >= 0.6 is 0 Å². The molecule has 4 bridgehead atoms. The van der Waals surface area contributed by atoms with Gasteiger partial charge in [0, 0.05) is 36.3 Å². The summed E-state index contributed by atoms with van der Waals surface area (Å²) in [5, 5.41) is 24.4. The van der Waals surface area contributed by atoms with Gasteiger partial charge in [0.15, 0.2) is 34.7 Å². The van der Waals surface area contributed by atoms with Crippen LogP contribution in [0, 0.1) is 6.92 Å². The lowest BCUT2D eigenvalue weighted by Crippen LogP contribution is -2.69. The summed E-state index contributed by atoms with van der Waals surface area (Å²) in [6, 6.07) is 1.92. The number of fused-ring (bicyclic) bond motifs is 5. The van der Waals surface area contributed by atoms with Crippen LogP contribution < -0.4 is 9.47 Å². The zero-order valence-electron chi connectivity index (χ0n) is 29.4. The molecule has 6 aliphatic heterocycles. The molecule has 52 heavy (non-hydrogen) atoms. The first-order valence-corrected chi connectivity index (χ1v) is 17.9. The maximum atomic E-state index is 13.4. The van der Waals surface area contributed by atoms with Crippen molar-refractivity contribution in [2.75, 3.05) is 26.9 Å². The van der Waals surface area contributed by atoms with Crippen molar-refractivity contribution in [3.63, 3.8) is 0 Å². The molecule has 15 heteroatoms. The van der Waals surface area contributed by atoms with E-state index in [0.29, 0.717) is 54.7 Å². The Labute approximate surface area is 297 Å². The number of phenolic OH excluding ortho intramolecular Hbond substituents is 1. The van der Waals surface area contributed by atoms with Crippen LogP contribution in [-0.2, 0) is 53.9 Å². The number of aryl methyl sites for hydroxylation is 1. The lowest BCUT2D eigenvalue weighted by Gasteiger charge is -2.49. The van der Waals surface area contributed by atoms with Crippen molar-refractivity contribution in [2.24, 2.45) is 0 Å². The van der Waals surface area contributed by atoms with Crippen LogP contribution in [0.3, 0.4) is 0 Å². The minimum Gasteiger partial charge on any atom is -0.506 e. The van der Waals surface area contributed by atoms with Gasteiger partial charge in [0.2, 0.25) is 6.29 Å². The number of ether oxygens (including phenoxy) is 10. The molecular weight excluding hydrogens is 684 g/mol. The van der Waals surface area contributed by atoms with Gasteiger partial charge in [-0.2, -0.15) is 0 Å². The second kappa shape index (κ2) is 10.4. The van der Waals surface area contributed by atoms with Crippen molar-refractivity contribution in [1.29, 1.82) is 0 Å². The number of ketones is 2. The number of methoxy groups -OCH3 is 1. The third-order valence-corrected chi connectivity index (χ3v) is 12.7. The van der Waals surface area contributed by atoms with Gasteiger partial charge in [-0.05, 0) is 51.7 Å². The predicted octanol–water partition coefficient (Wildman–Crippen LogP) is 2.37. The summed E-state index contributed by atoms with van der Waals surface area (Å²) in [5.74, 6) is -4.81. The lowest BCUT2D eigenvalue weighted by molar-refractivity contribution is -0.382. The van der Waals surface area contributed by atoms with E-state index in [1.165, 1.54) is 27.9 Å². The van der Waals surface area contributed by atoms with E-state index in [0.717, 1.165) is 5.56 Å². The number of epoxide rings is 2. The SMILES string of the molecule is COc1c2c(c(O)c3c4c(c(C)cc13)C1C3OC5(C6OCCCO6)OC15[C@]1(CO1)[C@]3(OC1CC(OC(C)=O)C(O)(C(C)=O)C(C)O1)O4)C(=O)CCC2. The molecule has 0 radical (unpaired) electrons. The second-order valence-corrected chi connectivity index (χ2v) is 15.2. The Kier molecular flexibility index (Phi) is 6.65. The number of aromatic hydroxyl groups is 1. The molecule has 5 saturated heterocycles. The maximum Gasteiger partial charge on any atom is 0.303 e. The van der Waals surface area contributed by atoms with E-state index in [1.807, 2.05) is 13.0 Å². The van der Waals surface area contributed by atoms with Gasteiger partial charge in [0.1, 0.15) is 29.5 Å². The molecule has 2 spiro atoms. The molecule has 278 valence electrons. The monoisotopic (exact) mass is 724 g/mol. The number of hydrogen-bond acceptors (Lipinski definition) is 15. The molecule has 6 heterocycles. The Hall–Kier alpha value is -3.41. The third kappa shape index (κ3) is 3.62. The quantitative estimate of drug-likeness (QED) is 0.326. The minimum atomic E-state index is -2.14. The van der Waals surface area contributed by atoms with Crippen LogP contribution in [-0.4, -0.2) is 114 Å². The molecule has 8 aliphatic rings. The zero-order valence-corrected chi connectivity index (χ0v) is 29.4. The number of hydrogen-bond donors (Lipinski definition) is 2. The zero-order chi connectivity index (χ0) is 36.3. The number of benzene rings is 2. The van der Waals surface area contributed by atoms with E-state index in [1.54, 1.807) is 0 Å². The summed E-state index contributed by atoms with van der Waals surface area (Å²) in [6.45, 7) is 6.82. The van der Waals surface area contributed by atoms with Gasteiger partial charge in [0.05, 0.1) is 49.9 Å². The fourth-order valence-electron chi connectivity index (χ4n) is 10.5. The van der Waals surface area contributed by atoms with Gasteiger partial charge in [0.25, 0.3) is 11.6 Å². The summed E-state index contributed by atoms with van der Waals surface area (Å²) in [4.78, 5) is 38.4. The van der Waals surface area contributed by atoms with Crippen molar-refractivity contribution in [1.82, 2.24) is 0 Å². The highest BCUT2D eigenvalue weighted by Gasteiger charge is 3.07. The van der Waals surface area contributed by atoms with E-state index in [-0.39, 0.29) is 47.7 Å². The molecule has 6 fully saturated rings. The first-order valence-electron chi connectivity index (χ1n) is 17.9.